The van der Waals surface area contributed by atoms with Crippen molar-refractivity contribution < 1.29 is 23.8 Å². The molecule has 0 radical (unpaired) electrons. The van der Waals surface area contributed by atoms with E-state index in [1.807, 2.05) is 17.0 Å². The van der Waals surface area contributed by atoms with Gasteiger partial charge in [-0.3, -0.25) is 14.5 Å². The molecular weight excluding hydrogens is 532 g/mol. The Balaban J connectivity index is 0.991. The van der Waals surface area contributed by atoms with Crippen LogP contribution in [0.1, 0.15) is 56.1 Å². The molecule has 9 heteroatoms. The van der Waals surface area contributed by atoms with Crippen LogP contribution in [0, 0.1) is 0 Å². The second-order valence-corrected chi connectivity index (χ2v) is 12.2. The SMILES string of the molecule is COc1cc(CN2CCN(C(=O)CCCC(=O)NC3CCC(Cc4ccccc4)(N(C)C)CC3)CC2)cc2c1OCO2. The number of piperazine rings is 1. The van der Waals surface area contributed by atoms with Crippen LogP contribution in [0.5, 0.6) is 17.2 Å². The van der Waals surface area contributed by atoms with E-state index in [2.05, 4.69) is 59.5 Å². The zero-order chi connectivity index (χ0) is 29.5. The monoisotopic (exact) mass is 578 g/mol. The van der Waals surface area contributed by atoms with Crippen molar-refractivity contribution in [2.45, 2.75) is 69.5 Å². The van der Waals surface area contributed by atoms with Gasteiger partial charge in [-0.15, -0.1) is 0 Å². The third-order valence-corrected chi connectivity index (χ3v) is 9.25. The van der Waals surface area contributed by atoms with E-state index in [0.717, 1.165) is 63.1 Å². The van der Waals surface area contributed by atoms with E-state index in [9.17, 15) is 9.59 Å². The minimum atomic E-state index is 0.0668. The van der Waals surface area contributed by atoms with Crippen LogP contribution in [0.4, 0.5) is 0 Å². The van der Waals surface area contributed by atoms with Gasteiger partial charge in [-0.1, -0.05) is 30.3 Å². The lowest BCUT2D eigenvalue weighted by molar-refractivity contribution is -0.133. The standard InChI is InChI=1S/C33H46N4O5/c1-35(2)33(22-25-8-5-4-6-9-25)14-12-27(13-15-33)34-30(38)10-7-11-31(39)37-18-16-36(17-19-37)23-26-20-28(40-3)32-29(21-26)41-24-42-32/h4-6,8-9,20-21,27H,7,10-19,22-24H2,1-3H3,(H,34,38). The van der Waals surface area contributed by atoms with E-state index >= 15 is 0 Å². The van der Waals surface area contributed by atoms with Gasteiger partial charge in [-0.25, -0.2) is 0 Å². The van der Waals surface area contributed by atoms with E-state index in [0.29, 0.717) is 43.9 Å². The van der Waals surface area contributed by atoms with Crippen molar-refractivity contribution in [3.63, 3.8) is 0 Å². The number of nitrogens with zero attached hydrogens (tertiary/aromatic N) is 3. The highest BCUT2D eigenvalue weighted by Crippen LogP contribution is 2.42. The van der Waals surface area contributed by atoms with Gasteiger partial charge in [0.15, 0.2) is 11.5 Å². The van der Waals surface area contributed by atoms with Gasteiger partial charge in [0, 0.05) is 57.1 Å². The average molecular weight is 579 g/mol. The van der Waals surface area contributed by atoms with Crippen LogP contribution in [0.2, 0.25) is 0 Å². The van der Waals surface area contributed by atoms with Gasteiger partial charge < -0.3 is 29.3 Å². The van der Waals surface area contributed by atoms with Crippen molar-refractivity contribution >= 4 is 11.8 Å². The number of carbonyl (C=O) groups excluding carboxylic acids is 2. The van der Waals surface area contributed by atoms with Gasteiger partial charge in [0.05, 0.1) is 7.11 Å². The molecule has 228 valence electrons. The summed E-state index contributed by atoms with van der Waals surface area (Å²) in [7, 11) is 5.98. The molecule has 1 saturated carbocycles. The van der Waals surface area contributed by atoms with Gasteiger partial charge in [-0.2, -0.15) is 0 Å². The number of methoxy groups -OCH3 is 1. The fourth-order valence-corrected chi connectivity index (χ4v) is 6.60. The fourth-order valence-electron chi connectivity index (χ4n) is 6.60. The molecule has 1 N–H and O–H groups in total. The van der Waals surface area contributed by atoms with Crippen molar-refractivity contribution in [1.82, 2.24) is 20.0 Å². The lowest BCUT2D eigenvalue weighted by Gasteiger charge is -2.45. The van der Waals surface area contributed by atoms with Crippen LogP contribution in [0.15, 0.2) is 42.5 Å². The maximum Gasteiger partial charge on any atom is 0.231 e. The lowest BCUT2D eigenvalue weighted by atomic mass is 9.75. The first kappa shape index (κ1) is 30.2. The molecule has 2 heterocycles. The van der Waals surface area contributed by atoms with E-state index in [1.54, 1.807) is 7.11 Å². The summed E-state index contributed by atoms with van der Waals surface area (Å²) in [4.78, 5) is 32.2. The Morgan fingerprint density at radius 2 is 1.74 bits per heavy atom. The summed E-state index contributed by atoms with van der Waals surface area (Å²) in [6.07, 6.45) is 6.53. The molecule has 5 rings (SSSR count). The van der Waals surface area contributed by atoms with Crippen LogP contribution in [0.3, 0.4) is 0 Å². The highest BCUT2D eigenvalue weighted by Gasteiger charge is 2.37. The first-order valence-corrected chi connectivity index (χ1v) is 15.3. The minimum absolute atomic E-state index is 0.0668. The second-order valence-electron chi connectivity index (χ2n) is 12.2. The van der Waals surface area contributed by atoms with Crippen LogP contribution in [-0.4, -0.2) is 92.3 Å². The number of benzene rings is 2. The Morgan fingerprint density at radius 3 is 2.43 bits per heavy atom. The van der Waals surface area contributed by atoms with E-state index < -0.39 is 0 Å². The molecule has 0 unspecified atom stereocenters. The van der Waals surface area contributed by atoms with E-state index in [4.69, 9.17) is 14.2 Å². The molecule has 2 fully saturated rings. The molecule has 2 aliphatic heterocycles. The minimum Gasteiger partial charge on any atom is -0.493 e. The number of fused-ring (bicyclic) bond motifs is 1. The number of likely N-dealkylation sites (N-methyl/N-ethyl adjacent to an activating group) is 1. The van der Waals surface area contributed by atoms with Gasteiger partial charge in [0.2, 0.25) is 24.4 Å². The predicted molar refractivity (Wildman–Crippen MR) is 162 cm³/mol. The summed E-state index contributed by atoms with van der Waals surface area (Å²) in [6.45, 7) is 3.99. The largest absolute Gasteiger partial charge is 0.493 e. The quantitative estimate of drug-likeness (QED) is 0.434. The molecule has 3 aliphatic rings. The van der Waals surface area contributed by atoms with Crippen LogP contribution < -0.4 is 19.5 Å². The van der Waals surface area contributed by atoms with Gasteiger partial charge in [0.25, 0.3) is 0 Å². The van der Waals surface area contributed by atoms with Crippen molar-refractivity contribution in [1.29, 1.82) is 0 Å². The molecular formula is C33H46N4O5. The number of ether oxygens (including phenoxy) is 3. The Kier molecular flexibility index (Phi) is 9.90. The molecule has 9 nitrogen and oxygen atoms in total. The second kappa shape index (κ2) is 13.8. The highest BCUT2D eigenvalue weighted by molar-refractivity contribution is 5.79. The third kappa shape index (κ3) is 7.36. The Labute approximate surface area is 250 Å². The van der Waals surface area contributed by atoms with Crippen molar-refractivity contribution in [2.24, 2.45) is 0 Å². The summed E-state index contributed by atoms with van der Waals surface area (Å²) in [5.74, 6) is 2.27. The molecule has 2 aromatic carbocycles. The van der Waals surface area contributed by atoms with Gasteiger partial charge >= 0.3 is 0 Å². The van der Waals surface area contributed by atoms with E-state index in [1.165, 1.54) is 5.56 Å². The number of carbonyl (C=O) groups is 2. The summed E-state index contributed by atoms with van der Waals surface area (Å²) < 4.78 is 16.5. The van der Waals surface area contributed by atoms with Crippen LogP contribution in [-0.2, 0) is 22.6 Å². The summed E-state index contributed by atoms with van der Waals surface area (Å²) in [5, 5.41) is 3.25. The summed E-state index contributed by atoms with van der Waals surface area (Å²) in [5.41, 5.74) is 2.60. The molecule has 42 heavy (non-hydrogen) atoms. The van der Waals surface area contributed by atoms with E-state index in [-0.39, 0.29) is 30.2 Å². The molecule has 0 bridgehead atoms. The fraction of sp³-hybridized carbons (Fsp3) is 0.576. The maximum absolute atomic E-state index is 12.9. The average Bonchev–Trinajstić information content (AvgIpc) is 3.47. The first-order valence-electron chi connectivity index (χ1n) is 15.3. The van der Waals surface area contributed by atoms with Crippen LogP contribution in [0.25, 0.3) is 0 Å². The summed E-state index contributed by atoms with van der Waals surface area (Å²) >= 11 is 0. The third-order valence-electron chi connectivity index (χ3n) is 9.25. The molecule has 1 saturated heterocycles. The Hall–Kier alpha value is -3.30. The van der Waals surface area contributed by atoms with Gasteiger partial charge in [0.1, 0.15) is 0 Å². The highest BCUT2D eigenvalue weighted by atomic mass is 16.7. The Bertz CT molecular complexity index is 1200. The molecule has 0 aromatic heterocycles. The lowest BCUT2D eigenvalue weighted by Crippen LogP contribution is -2.52. The Morgan fingerprint density at radius 1 is 1.00 bits per heavy atom. The smallest absolute Gasteiger partial charge is 0.231 e. The van der Waals surface area contributed by atoms with Crippen LogP contribution >= 0.6 is 0 Å². The summed E-state index contributed by atoms with van der Waals surface area (Å²) in [6, 6.07) is 14.9. The van der Waals surface area contributed by atoms with Crippen molar-refractivity contribution in [2.75, 3.05) is 54.2 Å². The molecule has 0 atom stereocenters. The number of nitrogens with one attached hydrogen (secondary N) is 1. The number of hydrogen-bond acceptors (Lipinski definition) is 7. The van der Waals surface area contributed by atoms with Gasteiger partial charge in [-0.05, 0) is 75.9 Å². The molecule has 2 amide bonds. The number of amides is 2. The van der Waals surface area contributed by atoms with Crippen molar-refractivity contribution in [3.8, 4) is 17.2 Å². The van der Waals surface area contributed by atoms with Crippen molar-refractivity contribution in [3.05, 3.63) is 53.6 Å². The predicted octanol–water partition coefficient (Wildman–Crippen LogP) is 3.84. The molecule has 1 aliphatic carbocycles. The molecule has 2 aromatic rings. The zero-order valence-electron chi connectivity index (χ0n) is 25.4. The first-order chi connectivity index (χ1) is 20.3. The topological polar surface area (TPSA) is 83.6 Å². The maximum atomic E-state index is 12.9. The normalized spacial score (nSPS) is 22.3. The number of rotatable bonds is 11. The zero-order valence-corrected chi connectivity index (χ0v) is 25.4. The molecule has 0 spiro atoms. The number of hydrogen-bond donors (Lipinski definition) is 1.